The van der Waals surface area contributed by atoms with Gasteiger partial charge >= 0.3 is 0 Å². The molecule has 8 heteroatoms. The van der Waals surface area contributed by atoms with Gasteiger partial charge in [-0.15, -0.1) is 11.3 Å². The lowest BCUT2D eigenvalue weighted by Gasteiger charge is -2.07. The maximum Gasteiger partial charge on any atom is 0.265 e. The number of nitrogens with one attached hydrogen (secondary N) is 1. The number of nitrogens with zero attached hydrogens (tertiary/aromatic N) is 1. The summed E-state index contributed by atoms with van der Waals surface area (Å²) in [5, 5.41) is 10.7. The lowest BCUT2D eigenvalue weighted by Crippen LogP contribution is -2.13. The van der Waals surface area contributed by atoms with Crippen LogP contribution in [0.4, 0.5) is 5.13 Å². The molecule has 2 N–H and O–H groups in total. The zero-order valence-electron chi connectivity index (χ0n) is 10.7. The van der Waals surface area contributed by atoms with Crippen molar-refractivity contribution in [3.63, 3.8) is 0 Å². The topological polar surface area (TPSA) is 79.3 Å². The number of halogens is 1. The molecule has 2 aromatic rings. The van der Waals surface area contributed by atoms with E-state index in [9.17, 15) is 8.42 Å². The second kappa shape index (κ2) is 6.91. The monoisotopic (exact) mass is 342 g/mol. The van der Waals surface area contributed by atoms with E-state index in [0.717, 1.165) is 0 Å². The molecule has 0 radical (unpaired) electrons. The lowest BCUT2D eigenvalue weighted by atomic mass is 10.2. The van der Waals surface area contributed by atoms with Crippen LogP contribution in [0.1, 0.15) is 12.0 Å². The number of aromatic nitrogens is 1. The third-order valence-corrected chi connectivity index (χ3v) is 4.98. The average molecular weight is 343 g/mol. The summed E-state index contributed by atoms with van der Waals surface area (Å²) in [7, 11) is -3.78. The van der Waals surface area contributed by atoms with Crippen LogP contribution in [0.2, 0.25) is 5.02 Å². The van der Waals surface area contributed by atoms with Gasteiger partial charge in [0, 0.05) is 23.6 Å². The van der Waals surface area contributed by atoms with Crippen molar-refractivity contribution in [3.8, 4) is 11.8 Å². The van der Waals surface area contributed by atoms with E-state index in [2.05, 4.69) is 21.5 Å². The maximum absolute atomic E-state index is 12.2. The van der Waals surface area contributed by atoms with Crippen molar-refractivity contribution in [2.24, 2.45) is 0 Å². The Bertz CT molecular complexity index is 777. The van der Waals surface area contributed by atoms with Gasteiger partial charge in [-0.3, -0.25) is 4.72 Å². The SMILES string of the molecule is O=S(=O)(Nc1nccs1)c1ccc(C#CCCO)cc1Cl. The van der Waals surface area contributed by atoms with Crippen LogP contribution in [-0.2, 0) is 10.0 Å². The van der Waals surface area contributed by atoms with Crippen LogP contribution in [0.15, 0.2) is 34.7 Å². The highest BCUT2D eigenvalue weighted by Crippen LogP contribution is 2.25. The van der Waals surface area contributed by atoms with E-state index in [1.807, 2.05) is 0 Å². The Labute approximate surface area is 131 Å². The fraction of sp³-hybridized carbons (Fsp3) is 0.154. The predicted octanol–water partition coefficient (Wildman–Crippen LogP) is 2.33. The Morgan fingerprint density at radius 3 is 2.86 bits per heavy atom. The molecule has 2 rings (SSSR count). The number of hydrogen-bond donors (Lipinski definition) is 2. The van der Waals surface area contributed by atoms with Gasteiger partial charge in [0.2, 0.25) is 0 Å². The second-order valence-electron chi connectivity index (χ2n) is 3.86. The van der Waals surface area contributed by atoms with E-state index in [1.54, 1.807) is 11.4 Å². The highest BCUT2D eigenvalue weighted by atomic mass is 35.5. The molecule has 0 bridgehead atoms. The van der Waals surface area contributed by atoms with E-state index in [1.165, 1.54) is 29.7 Å². The molecule has 1 aromatic carbocycles. The fourth-order valence-electron chi connectivity index (χ4n) is 1.46. The summed E-state index contributed by atoms with van der Waals surface area (Å²) in [5.74, 6) is 5.53. The number of rotatable bonds is 4. The molecule has 0 spiro atoms. The van der Waals surface area contributed by atoms with Gasteiger partial charge in [-0.2, -0.15) is 0 Å². The fourth-order valence-corrected chi connectivity index (χ4v) is 3.80. The minimum atomic E-state index is -3.78. The van der Waals surface area contributed by atoms with Crippen LogP contribution in [0.25, 0.3) is 0 Å². The molecule has 5 nitrogen and oxygen atoms in total. The van der Waals surface area contributed by atoms with Crippen LogP contribution >= 0.6 is 22.9 Å². The normalized spacial score (nSPS) is 10.8. The molecule has 0 unspecified atom stereocenters. The molecular formula is C13H11ClN2O3S2. The summed E-state index contributed by atoms with van der Waals surface area (Å²) in [4.78, 5) is 3.83. The Morgan fingerprint density at radius 2 is 2.24 bits per heavy atom. The summed E-state index contributed by atoms with van der Waals surface area (Å²) < 4.78 is 26.7. The first-order chi connectivity index (χ1) is 10.0. The summed E-state index contributed by atoms with van der Waals surface area (Å²) in [6.45, 7) is -0.0229. The standard InChI is InChI=1S/C13H11ClN2O3S2/c14-11-9-10(3-1-2-7-17)4-5-12(11)21(18,19)16-13-15-6-8-20-13/h4-6,8-9,17H,2,7H2,(H,15,16). The highest BCUT2D eigenvalue weighted by Gasteiger charge is 2.19. The molecule has 1 aromatic heterocycles. The van der Waals surface area contributed by atoms with E-state index >= 15 is 0 Å². The van der Waals surface area contributed by atoms with Crippen molar-refractivity contribution in [2.75, 3.05) is 11.3 Å². The molecule has 0 aliphatic rings. The second-order valence-corrected chi connectivity index (χ2v) is 6.82. The van der Waals surface area contributed by atoms with E-state index in [0.29, 0.717) is 12.0 Å². The van der Waals surface area contributed by atoms with Crippen LogP contribution < -0.4 is 4.72 Å². The number of anilines is 1. The highest BCUT2D eigenvalue weighted by molar-refractivity contribution is 7.93. The molecule has 0 fully saturated rings. The summed E-state index contributed by atoms with van der Waals surface area (Å²) >= 11 is 7.19. The molecule has 1 heterocycles. The first-order valence-corrected chi connectivity index (χ1v) is 8.58. The first kappa shape index (κ1) is 15.8. The van der Waals surface area contributed by atoms with Crippen molar-refractivity contribution in [3.05, 3.63) is 40.4 Å². The predicted molar refractivity (Wildman–Crippen MR) is 83.0 cm³/mol. The Morgan fingerprint density at radius 1 is 1.43 bits per heavy atom. The minimum Gasteiger partial charge on any atom is -0.395 e. The number of aliphatic hydroxyl groups is 1. The number of sulfonamides is 1. The van der Waals surface area contributed by atoms with Crippen molar-refractivity contribution in [1.29, 1.82) is 0 Å². The zero-order valence-corrected chi connectivity index (χ0v) is 13.1. The Balaban J connectivity index is 2.26. The lowest BCUT2D eigenvalue weighted by molar-refractivity contribution is 0.305. The van der Waals surface area contributed by atoms with Gasteiger partial charge in [0.1, 0.15) is 4.90 Å². The van der Waals surface area contributed by atoms with Gasteiger partial charge < -0.3 is 5.11 Å². The third kappa shape index (κ3) is 4.19. The largest absolute Gasteiger partial charge is 0.395 e. The smallest absolute Gasteiger partial charge is 0.265 e. The van der Waals surface area contributed by atoms with Gasteiger partial charge in [-0.05, 0) is 18.2 Å². The summed E-state index contributed by atoms with van der Waals surface area (Å²) in [6, 6.07) is 4.43. The molecule has 0 aliphatic heterocycles. The number of benzene rings is 1. The molecule has 0 saturated carbocycles. The van der Waals surface area contributed by atoms with Crippen molar-refractivity contribution >= 4 is 38.1 Å². The summed E-state index contributed by atoms with van der Waals surface area (Å²) in [5.41, 5.74) is 0.585. The van der Waals surface area contributed by atoms with Gasteiger partial charge in [0.05, 0.1) is 11.6 Å². The van der Waals surface area contributed by atoms with Crippen LogP contribution in [0.3, 0.4) is 0 Å². The van der Waals surface area contributed by atoms with Crippen molar-refractivity contribution in [2.45, 2.75) is 11.3 Å². The van der Waals surface area contributed by atoms with Gasteiger partial charge in [0.15, 0.2) is 5.13 Å². The molecule has 0 aliphatic carbocycles. The molecule has 0 saturated heterocycles. The van der Waals surface area contributed by atoms with Gasteiger partial charge in [0.25, 0.3) is 10.0 Å². The third-order valence-electron chi connectivity index (χ3n) is 2.34. The van der Waals surface area contributed by atoms with E-state index in [4.69, 9.17) is 16.7 Å². The van der Waals surface area contributed by atoms with E-state index in [-0.39, 0.29) is 21.7 Å². The van der Waals surface area contributed by atoms with Crippen molar-refractivity contribution < 1.29 is 13.5 Å². The Hall–Kier alpha value is -1.59. The molecule has 0 amide bonds. The number of aliphatic hydroxyl groups excluding tert-OH is 1. The van der Waals surface area contributed by atoms with Gasteiger partial charge in [-0.25, -0.2) is 13.4 Å². The van der Waals surface area contributed by atoms with Crippen LogP contribution in [0, 0.1) is 11.8 Å². The van der Waals surface area contributed by atoms with Crippen LogP contribution in [0.5, 0.6) is 0 Å². The minimum absolute atomic E-state index is 0.0229. The first-order valence-electron chi connectivity index (χ1n) is 5.84. The molecule has 21 heavy (non-hydrogen) atoms. The molecular weight excluding hydrogens is 332 g/mol. The summed E-state index contributed by atoms with van der Waals surface area (Å²) in [6.07, 6.45) is 1.85. The Kier molecular flexibility index (Phi) is 5.20. The molecule has 0 atom stereocenters. The van der Waals surface area contributed by atoms with Crippen molar-refractivity contribution in [1.82, 2.24) is 4.98 Å². The zero-order chi connectivity index (χ0) is 15.3. The quantitative estimate of drug-likeness (QED) is 0.836. The molecule has 110 valence electrons. The maximum atomic E-state index is 12.2. The number of thiazole rings is 1. The average Bonchev–Trinajstić information content (AvgIpc) is 2.91. The van der Waals surface area contributed by atoms with E-state index < -0.39 is 10.0 Å². The van der Waals surface area contributed by atoms with Crippen LogP contribution in [-0.4, -0.2) is 25.1 Å². The van der Waals surface area contributed by atoms with Gasteiger partial charge in [-0.1, -0.05) is 23.4 Å². The number of hydrogen-bond acceptors (Lipinski definition) is 5.